The molecule has 2 aromatic carbocycles. The molecule has 1 saturated heterocycles. The second-order valence-electron chi connectivity index (χ2n) is 7.84. The van der Waals surface area contributed by atoms with E-state index in [0.717, 1.165) is 21.9 Å². The van der Waals surface area contributed by atoms with Gasteiger partial charge in [0.15, 0.2) is 0 Å². The molecule has 1 aliphatic heterocycles. The van der Waals surface area contributed by atoms with Crippen molar-refractivity contribution >= 4 is 46.3 Å². The van der Waals surface area contributed by atoms with E-state index in [1.165, 1.54) is 11.3 Å². The Labute approximate surface area is 163 Å². The van der Waals surface area contributed by atoms with Gasteiger partial charge in [0.1, 0.15) is 0 Å². The molecule has 2 heterocycles. The van der Waals surface area contributed by atoms with E-state index in [4.69, 9.17) is 9.31 Å². The normalized spacial score (nSPS) is 18.0. The van der Waals surface area contributed by atoms with Crippen molar-refractivity contribution in [2.45, 2.75) is 38.9 Å². The van der Waals surface area contributed by atoms with Gasteiger partial charge in [-0.15, -0.1) is 11.3 Å². The van der Waals surface area contributed by atoms with E-state index < -0.39 is 0 Å². The van der Waals surface area contributed by atoms with Crippen LogP contribution in [-0.2, 0) is 9.31 Å². The van der Waals surface area contributed by atoms with Gasteiger partial charge in [0.05, 0.1) is 16.1 Å². The predicted molar refractivity (Wildman–Crippen MR) is 112 cm³/mol. The van der Waals surface area contributed by atoms with Crippen molar-refractivity contribution in [2.75, 3.05) is 5.32 Å². The van der Waals surface area contributed by atoms with Crippen molar-refractivity contribution in [3.8, 4) is 0 Å². The average Bonchev–Trinajstić information content (AvgIpc) is 3.21. The molecule has 4 rings (SSSR count). The summed E-state index contributed by atoms with van der Waals surface area (Å²) in [5.41, 5.74) is 1.06. The second-order valence-corrected chi connectivity index (χ2v) is 8.79. The molecule has 0 spiro atoms. The summed E-state index contributed by atoms with van der Waals surface area (Å²) in [5, 5.41) is 6.98. The quantitative estimate of drug-likeness (QED) is 0.684. The molecule has 6 heteroatoms. The minimum Gasteiger partial charge on any atom is -0.399 e. The molecule has 0 atom stereocenters. The van der Waals surface area contributed by atoms with Gasteiger partial charge in [0.25, 0.3) is 5.91 Å². The Bertz CT molecular complexity index is 982. The maximum absolute atomic E-state index is 12.2. The number of nitrogens with one attached hydrogen (secondary N) is 1. The highest BCUT2D eigenvalue weighted by Gasteiger charge is 2.51. The molecule has 0 bridgehead atoms. The summed E-state index contributed by atoms with van der Waals surface area (Å²) >= 11 is 1.43. The molecule has 1 aliphatic rings. The van der Waals surface area contributed by atoms with Crippen LogP contribution in [0.2, 0.25) is 0 Å². The Morgan fingerprint density at radius 1 is 0.963 bits per heavy atom. The fourth-order valence-corrected chi connectivity index (χ4v) is 3.69. The van der Waals surface area contributed by atoms with Gasteiger partial charge in [-0.05, 0) is 67.5 Å². The third-order valence-electron chi connectivity index (χ3n) is 5.39. The highest BCUT2D eigenvalue weighted by molar-refractivity contribution is 7.12. The van der Waals surface area contributed by atoms with Crippen molar-refractivity contribution in [2.24, 2.45) is 0 Å². The van der Waals surface area contributed by atoms with E-state index in [1.54, 1.807) is 0 Å². The molecule has 1 aromatic heterocycles. The maximum Gasteiger partial charge on any atom is 0.494 e. The van der Waals surface area contributed by atoms with Crippen molar-refractivity contribution in [1.29, 1.82) is 0 Å². The van der Waals surface area contributed by atoms with Gasteiger partial charge in [-0.25, -0.2) is 0 Å². The van der Waals surface area contributed by atoms with Gasteiger partial charge in [-0.1, -0.05) is 30.3 Å². The second kappa shape index (κ2) is 6.48. The lowest BCUT2D eigenvalue weighted by atomic mass is 9.78. The van der Waals surface area contributed by atoms with Gasteiger partial charge in [-0.3, -0.25) is 4.79 Å². The Kier molecular flexibility index (Phi) is 4.37. The first-order valence-corrected chi connectivity index (χ1v) is 9.87. The lowest BCUT2D eigenvalue weighted by Crippen LogP contribution is -2.41. The zero-order valence-corrected chi connectivity index (χ0v) is 16.7. The number of thiophene rings is 1. The van der Waals surface area contributed by atoms with Crippen LogP contribution in [-0.4, -0.2) is 24.2 Å². The molecule has 138 valence electrons. The number of hydrogen-bond acceptors (Lipinski definition) is 4. The number of carbonyl (C=O) groups is 1. The Hall–Kier alpha value is -2.15. The molecular formula is C21H22BNO3S. The lowest BCUT2D eigenvalue weighted by molar-refractivity contribution is 0.00578. The molecule has 0 radical (unpaired) electrons. The van der Waals surface area contributed by atoms with Crippen molar-refractivity contribution in [3.05, 3.63) is 58.8 Å². The lowest BCUT2D eigenvalue weighted by Gasteiger charge is -2.32. The zero-order chi connectivity index (χ0) is 19.2. The average molecular weight is 379 g/mol. The van der Waals surface area contributed by atoms with Crippen LogP contribution in [0.25, 0.3) is 10.8 Å². The molecule has 3 aromatic rings. The third-order valence-corrected chi connectivity index (χ3v) is 6.26. The predicted octanol–water partition coefficient (Wildman–Crippen LogP) is 4.45. The first-order valence-electron chi connectivity index (χ1n) is 8.99. The van der Waals surface area contributed by atoms with Crippen LogP contribution in [0.1, 0.15) is 37.4 Å². The van der Waals surface area contributed by atoms with Crippen molar-refractivity contribution in [3.63, 3.8) is 0 Å². The molecule has 1 N–H and O–H groups in total. The van der Waals surface area contributed by atoms with E-state index in [9.17, 15) is 4.79 Å². The van der Waals surface area contributed by atoms with Crippen LogP contribution in [0, 0.1) is 0 Å². The summed E-state index contributed by atoms with van der Waals surface area (Å²) < 4.78 is 12.3. The van der Waals surface area contributed by atoms with E-state index in [-0.39, 0.29) is 24.2 Å². The molecule has 0 aliphatic carbocycles. The van der Waals surface area contributed by atoms with E-state index in [2.05, 4.69) is 39.1 Å². The first kappa shape index (κ1) is 18.2. The molecule has 4 nitrogen and oxygen atoms in total. The standard InChI is InChI=1S/C21H22BNO3S/c1-20(2)21(3,4)26-22(25-20)16-9-7-15-13-17(10-8-14(15)12-16)23-19(24)18-6-5-11-27-18/h5-13H,1-4H3,(H,23,24). The number of benzene rings is 2. The summed E-state index contributed by atoms with van der Waals surface area (Å²) in [7, 11) is -0.377. The molecule has 0 saturated carbocycles. The van der Waals surface area contributed by atoms with Crippen LogP contribution in [0.15, 0.2) is 53.9 Å². The number of amides is 1. The van der Waals surface area contributed by atoms with E-state index >= 15 is 0 Å². The van der Waals surface area contributed by atoms with Crippen LogP contribution in [0.3, 0.4) is 0 Å². The fourth-order valence-electron chi connectivity index (χ4n) is 3.07. The van der Waals surface area contributed by atoms with Gasteiger partial charge >= 0.3 is 7.12 Å². The SMILES string of the molecule is CC1(C)OB(c2ccc3cc(NC(=O)c4cccs4)ccc3c2)OC1(C)C. The Morgan fingerprint density at radius 3 is 2.30 bits per heavy atom. The summed E-state index contributed by atoms with van der Waals surface area (Å²) in [4.78, 5) is 12.9. The number of carbonyl (C=O) groups excluding carboxylic acids is 1. The molecule has 1 fully saturated rings. The summed E-state index contributed by atoms with van der Waals surface area (Å²) in [6, 6.07) is 15.7. The molecule has 1 amide bonds. The monoisotopic (exact) mass is 379 g/mol. The van der Waals surface area contributed by atoms with Crippen LogP contribution < -0.4 is 10.8 Å². The Balaban J connectivity index is 1.57. The third kappa shape index (κ3) is 3.40. The minimum absolute atomic E-state index is 0.0850. The number of hydrogen-bond donors (Lipinski definition) is 1. The van der Waals surface area contributed by atoms with E-state index in [0.29, 0.717) is 4.88 Å². The maximum atomic E-state index is 12.2. The van der Waals surface area contributed by atoms with Crippen LogP contribution in [0.4, 0.5) is 5.69 Å². The van der Waals surface area contributed by atoms with Crippen LogP contribution in [0.5, 0.6) is 0 Å². The van der Waals surface area contributed by atoms with Gasteiger partial charge in [-0.2, -0.15) is 0 Å². The van der Waals surface area contributed by atoms with E-state index in [1.807, 2.05) is 47.8 Å². The number of fused-ring (bicyclic) bond motifs is 1. The highest BCUT2D eigenvalue weighted by Crippen LogP contribution is 2.36. The smallest absolute Gasteiger partial charge is 0.399 e. The highest BCUT2D eigenvalue weighted by atomic mass is 32.1. The molecular weight excluding hydrogens is 357 g/mol. The zero-order valence-electron chi connectivity index (χ0n) is 15.9. The van der Waals surface area contributed by atoms with Crippen LogP contribution >= 0.6 is 11.3 Å². The Morgan fingerprint density at radius 2 is 1.63 bits per heavy atom. The number of anilines is 1. The molecule has 27 heavy (non-hydrogen) atoms. The first-order chi connectivity index (χ1) is 12.7. The topological polar surface area (TPSA) is 47.6 Å². The fraction of sp³-hybridized carbons (Fsp3) is 0.286. The van der Waals surface area contributed by atoms with Gasteiger partial charge < -0.3 is 14.6 Å². The van der Waals surface area contributed by atoms with Gasteiger partial charge in [0.2, 0.25) is 0 Å². The molecule has 0 unspecified atom stereocenters. The number of rotatable bonds is 3. The summed E-state index contributed by atoms with van der Waals surface area (Å²) in [6.07, 6.45) is 0. The largest absolute Gasteiger partial charge is 0.494 e. The minimum atomic E-state index is -0.377. The van der Waals surface area contributed by atoms with Gasteiger partial charge in [0, 0.05) is 5.69 Å². The van der Waals surface area contributed by atoms with Crippen molar-refractivity contribution in [1.82, 2.24) is 0 Å². The summed E-state index contributed by atoms with van der Waals surface area (Å²) in [6.45, 7) is 8.21. The summed E-state index contributed by atoms with van der Waals surface area (Å²) in [5.74, 6) is -0.0850. The van der Waals surface area contributed by atoms with Crippen molar-refractivity contribution < 1.29 is 14.1 Å².